The van der Waals surface area contributed by atoms with Crippen LogP contribution in [0.1, 0.15) is 50.0 Å². The molecule has 0 saturated heterocycles. The van der Waals surface area contributed by atoms with E-state index in [-0.39, 0.29) is 5.88 Å². The first-order chi connectivity index (χ1) is 6.70. The Hall–Kier alpha value is -0.990. The smallest absolute Gasteiger partial charge is 0.232 e. The van der Waals surface area contributed by atoms with Crippen molar-refractivity contribution in [3.05, 3.63) is 11.5 Å². The van der Waals surface area contributed by atoms with Crippen molar-refractivity contribution in [1.82, 2.24) is 9.97 Å². The average Bonchev–Trinajstić information content (AvgIpc) is 2.74. The molecule has 0 amide bonds. The van der Waals surface area contributed by atoms with Crippen molar-refractivity contribution >= 4 is 0 Å². The topological polar surface area (TPSA) is 48.9 Å². The highest BCUT2D eigenvalue weighted by Crippen LogP contribution is 2.39. The van der Waals surface area contributed by atoms with Crippen molar-refractivity contribution in [3.8, 4) is 5.88 Å². The second kappa shape index (κ2) is 3.64. The number of hydrogen-bond acceptors (Lipinski definition) is 2. The number of nitrogens with zero attached hydrogens (tertiary/aromatic N) is 1. The lowest BCUT2D eigenvalue weighted by molar-refractivity contribution is 0.449. The van der Waals surface area contributed by atoms with Gasteiger partial charge in [0.2, 0.25) is 5.88 Å². The van der Waals surface area contributed by atoms with Crippen LogP contribution in [0, 0.1) is 12.8 Å². The predicted octanol–water partition coefficient (Wildman–Crippen LogP) is 2.72. The van der Waals surface area contributed by atoms with Crippen LogP contribution in [0.15, 0.2) is 0 Å². The third kappa shape index (κ3) is 1.63. The van der Waals surface area contributed by atoms with E-state index in [1.807, 2.05) is 6.92 Å². The van der Waals surface area contributed by atoms with Gasteiger partial charge in [-0.3, -0.25) is 0 Å². The van der Waals surface area contributed by atoms with E-state index in [1.54, 1.807) is 0 Å². The number of aryl methyl sites for hydroxylation is 1. The van der Waals surface area contributed by atoms with Gasteiger partial charge in [-0.15, -0.1) is 0 Å². The van der Waals surface area contributed by atoms with Gasteiger partial charge in [0.1, 0.15) is 5.82 Å². The molecule has 78 valence electrons. The lowest BCUT2D eigenvalue weighted by Gasteiger charge is -2.06. The fraction of sp³-hybridized carbons (Fsp3) is 0.727. The summed E-state index contributed by atoms with van der Waals surface area (Å²) in [7, 11) is 0. The van der Waals surface area contributed by atoms with Gasteiger partial charge in [-0.2, -0.15) is 4.98 Å². The van der Waals surface area contributed by atoms with Crippen molar-refractivity contribution < 1.29 is 5.11 Å². The summed E-state index contributed by atoms with van der Waals surface area (Å²) >= 11 is 0. The molecule has 3 nitrogen and oxygen atoms in total. The Kier molecular flexibility index (Phi) is 2.48. The SMILES string of the molecule is CCC1CCC(c2nc(O)c(C)[nH]2)C1. The summed E-state index contributed by atoms with van der Waals surface area (Å²) < 4.78 is 0. The lowest BCUT2D eigenvalue weighted by atomic mass is 10.0. The molecule has 1 saturated carbocycles. The lowest BCUT2D eigenvalue weighted by Crippen LogP contribution is -1.97. The zero-order chi connectivity index (χ0) is 10.1. The zero-order valence-corrected chi connectivity index (χ0v) is 8.88. The van der Waals surface area contributed by atoms with Crippen molar-refractivity contribution in [2.75, 3.05) is 0 Å². The molecule has 0 radical (unpaired) electrons. The Balaban J connectivity index is 2.09. The van der Waals surface area contributed by atoms with Gasteiger partial charge in [-0.25, -0.2) is 0 Å². The highest BCUT2D eigenvalue weighted by molar-refractivity contribution is 5.19. The van der Waals surface area contributed by atoms with E-state index in [9.17, 15) is 5.11 Å². The van der Waals surface area contributed by atoms with Gasteiger partial charge >= 0.3 is 0 Å². The normalized spacial score (nSPS) is 27.0. The van der Waals surface area contributed by atoms with Crippen molar-refractivity contribution in [3.63, 3.8) is 0 Å². The number of H-pyrrole nitrogens is 1. The Labute approximate surface area is 84.6 Å². The van der Waals surface area contributed by atoms with Gasteiger partial charge in [-0.05, 0) is 32.1 Å². The van der Waals surface area contributed by atoms with E-state index in [0.717, 1.165) is 17.4 Å². The van der Waals surface area contributed by atoms with Crippen molar-refractivity contribution in [1.29, 1.82) is 0 Å². The van der Waals surface area contributed by atoms with E-state index >= 15 is 0 Å². The Morgan fingerprint density at radius 3 is 2.79 bits per heavy atom. The molecule has 14 heavy (non-hydrogen) atoms. The quantitative estimate of drug-likeness (QED) is 0.760. The largest absolute Gasteiger partial charge is 0.492 e. The van der Waals surface area contributed by atoms with Gasteiger partial charge in [0.15, 0.2) is 0 Å². The molecule has 1 aromatic rings. The number of aromatic nitrogens is 2. The standard InChI is InChI=1S/C11H18N2O/c1-3-8-4-5-9(6-8)10-12-7(2)11(14)13-10/h8-9,14H,3-6H2,1-2H3,(H,12,13). The number of hydrogen-bond donors (Lipinski definition) is 2. The van der Waals surface area contributed by atoms with E-state index in [2.05, 4.69) is 16.9 Å². The van der Waals surface area contributed by atoms with E-state index in [0.29, 0.717) is 5.92 Å². The molecule has 0 aliphatic heterocycles. The molecule has 2 N–H and O–H groups in total. The maximum absolute atomic E-state index is 9.38. The van der Waals surface area contributed by atoms with E-state index in [4.69, 9.17) is 0 Å². The van der Waals surface area contributed by atoms with Crippen LogP contribution in [0.25, 0.3) is 0 Å². The van der Waals surface area contributed by atoms with Crippen LogP contribution >= 0.6 is 0 Å². The van der Waals surface area contributed by atoms with E-state index in [1.165, 1.54) is 25.7 Å². The second-order valence-corrected chi connectivity index (χ2v) is 4.35. The van der Waals surface area contributed by atoms with Gasteiger partial charge in [0.05, 0.1) is 5.69 Å². The molecule has 1 aliphatic carbocycles. The molecule has 2 atom stereocenters. The first-order valence-electron chi connectivity index (χ1n) is 5.46. The molecule has 3 heteroatoms. The fourth-order valence-corrected chi connectivity index (χ4v) is 2.36. The Morgan fingerprint density at radius 1 is 1.50 bits per heavy atom. The molecule has 1 aromatic heterocycles. The summed E-state index contributed by atoms with van der Waals surface area (Å²) in [4.78, 5) is 7.33. The van der Waals surface area contributed by atoms with Crippen molar-refractivity contribution in [2.45, 2.75) is 45.4 Å². The van der Waals surface area contributed by atoms with Gasteiger partial charge < -0.3 is 10.1 Å². The summed E-state index contributed by atoms with van der Waals surface area (Å²) in [6.07, 6.45) is 5.01. The van der Waals surface area contributed by atoms with Gasteiger partial charge in [0, 0.05) is 5.92 Å². The molecule has 0 spiro atoms. The summed E-state index contributed by atoms with van der Waals surface area (Å²) in [5.41, 5.74) is 0.792. The number of aromatic hydroxyl groups is 1. The fourth-order valence-electron chi connectivity index (χ4n) is 2.36. The summed E-state index contributed by atoms with van der Waals surface area (Å²) in [6, 6.07) is 0. The maximum Gasteiger partial charge on any atom is 0.232 e. The third-order valence-corrected chi connectivity index (χ3v) is 3.38. The van der Waals surface area contributed by atoms with Crippen LogP contribution in [0.5, 0.6) is 5.88 Å². The first-order valence-corrected chi connectivity index (χ1v) is 5.46. The average molecular weight is 194 g/mol. The minimum Gasteiger partial charge on any atom is -0.492 e. The summed E-state index contributed by atoms with van der Waals surface area (Å²) in [5.74, 6) is 2.54. The minimum atomic E-state index is 0.167. The first kappa shape index (κ1) is 9.56. The molecule has 0 bridgehead atoms. The molecule has 1 fully saturated rings. The molecule has 1 heterocycles. The Morgan fingerprint density at radius 2 is 2.29 bits per heavy atom. The number of rotatable bonds is 2. The van der Waals surface area contributed by atoms with Crippen molar-refractivity contribution in [2.24, 2.45) is 5.92 Å². The Bertz CT molecular complexity index is 300. The van der Waals surface area contributed by atoms with Gasteiger partial charge in [0.25, 0.3) is 0 Å². The van der Waals surface area contributed by atoms with Crippen LogP contribution in [0.4, 0.5) is 0 Å². The van der Waals surface area contributed by atoms with Gasteiger partial charge in [-0.1, -0.05) is 13.3 Å². The van der Waals surface area contributed by atoms with Crippen LogP contribution in [-0.2, 0) is 0 Å². The number of imidazole rings is 1. The molecule has 1 aliphatic rings. The molecule has 0 aromatic carbocycles. The number of aromatic amines is 1. The van der Waals surface area contributed by atoms with Crippen LogP contribution in [-0.4, -0.2) is 15.1 Å². The maximum atomic E-state index is 9.38. The highest BCUT2D eigenvalue weighted by Gasteiger charge is 2.27. The summed E-state index contributed by atoms with van der Waals surface area (Å²) in [6.45, 7) is 4.11. The monoisotopic (exact) mass is 194 g/mol. The zero-order valence-electron chi connectivity index (χ0n) is 8.88. The summed E-state index contributed by atoms with van der Waals surface area (Å²) in [5, 5.41) is 9.38. The number of nitrogens with one attached hydrogen (secondary N) is 1. The molecule has 2 unspecified atom stereocenters. The van der Waals surface area contributed by atoms with Crippen LogP contribution in [0.2, 0.25) is 0 Å². The van der Waals surface area contributed by atoms with E-state index < -0.39 is 0 Å². The molecular formula is C11H18N2O. The third-order valence-electron chi connectivity index (χ3n) is 3.38. The molecule has 2 rings (SSSR count). The second-order valence-electron chi connectivity index (χ2n) is 4.35. The minimum absolute atomic E-state index is 0.167. The molecular weight excluding hydrogens is 176 g/mol. The highest BCUT2D eigenvalue weighted by atomic mass is 16.3. The predicted molar refractivity (Wildman–Crippen MR) is 55.4 cm³/mol. The van der Waals surface area contributed by atoms with Crippen LogP contribution in [0.3, 0.4) is 0 Å². The van der Waals surface area contributed by atoms with Crippen LogP contribution < -0.4 is 0 Å².